The summed E-state index contributed by atoms with van der Waals surface area (Å²) in [5.74, 6) is 1.90. The number of carbonyl (C=O) groups excluding carboxylic acids is 1. The molecule has 1 unspecified atom stereocenters. The van der Waals surface area contributed by atoms with E-state index in [1.54, 1.807) is 11.9 Å². The van der Waals surface area contributed by atoms with E-state index in [0.29, 0.717) is 25.3 Å². The highest BCUT2D eigenvalue weighted by Crippen LogP contribution is 2.20. The summed E-state index contributed by atoms with van der Waals surface area (Å²) in [4.78, 5) is 20.5. The zero-order valence-corrected chi connectivity index (χ0v) is 14.2. The molecule has 1 aliphatic rings. The number of aromatic nitrogens is 2. The van der Waals surface area contributed by atoms with Gasteiger partial charge in [-0.05, 0) is 25.3 Å². The number of hydrogen-bond donors (Lipinski definition) is 0. The predicted octanol–water partition coefficient (Wildman–Crippen LogP) is 1.44. The Morgan fingerprint density at radius 3 is 3.09 bits per heavy atom. The molecule has 1 aromatic heterocycles. The first kappa shape index (κ1) is 17.5. The zero-order valence-electron chi connectivity index (χ0n) is 14.2. The van der Waals surface area contributed by atoms with Gasteiger partial charge in [-0.15, -0.1) is 0 Å². The first-order valence-corrected chi connectivity index (χ1v) is 8.39. The molecule has 126 valence electrons. The molecule has 0 spiro atoms. The molecule has 0 N–H and O–H groups in total. The zero-order chi connectivity index (χ0) is 16.7. The van der Waals surface area contributed by atoms with E-state index in [1.807, 2.05) is 19.4 Å². The number of imidazole rings is 1. The minimum absolute atomic E-state index is 0.131. The van der Waals surface area contributed by atoms with E-state index in [4.69, 9.17) is 5.26 Å². The lowest BCUT2D eigenvalue weighted by molar-refractivity contribution is -0.130. The van der Waals surface area contributed by atoms with Crippen LogP contribution in [0.3, 0.4) is 0 Å². The average molecular weight is 317 g/mol. The Bertz CT molecular complexity index is 547. The van der Waals surface area contributed by atoms with E-state index >= 15 is 0 Å². The number of rotatable bonds is 7. The van der Waals surface area contributed by atoms with E-state index < -0.39 is 0 Å². The molecule has 23 heavy (non-hydrogen) atoms. The van der Waals surface area contributed by atoms with Gasteiger partial charge in [0.15, 0.2) is 0 Å². The van der Waals surface area contributed by atoms with Crippen molar-refractivity contribution in [2.75, 3.05) is 33.2 Å². The minimum atomic E-state index is 0.131. The number of carbonyl (C=O) groups is 1. The van der Waals surface area contributed by atoms with E-state index in [1.165, 1.54) is 12.8 Å². The number of nitriles is 1. The molecule has 1 saturated heterocycles. The average Bonchev–Trinajstić information content (AvgIpc) is 2.95. The van der Waals surface area contributed by atoms with E-state index in [-0.39, 0.29) is 5.91 Å². The van der Waals surface area contributed by atoms with Gasteiger partial charge in [-0.1, -0.05) is 0 Å². The Morgan fingerprint density at radius 2 is 2.39 bits per heavy atom. The van der Waals surface area contributed by atoms with Crippen LogP contribution in [0, 0.1) is 17.2 Å². The molecular weight excluding hydrogens is 290 g/mol. The largest absolute Gasteiger partial charge is 0.345 e. The quantitative estimate of drug-likeness (QED) is 0.763. The van der Waals surface area contributed by atoms with Crippen LogP contribution in [-0.2, 0) is 18.3 Å². The Balaban J connectivity index is 1.75. The van der Waals surface area contributed by atoms with Crippen molar-refractivity contribution in [3.8, 4) is 6.07 Å². The van der Waals surface area contributed by atoms with Gasteiger partial charge < -0.3 is 14.4 Å². The monoisotopic (exact) mass is 317 g/mol. The summed E-state index contributed by atoms with van der Waals surface area (Å²) < 4.78 is 2.09. The van der Waals surface area contributed by atoms with Crippen molar-refractivity contribution in [3.05, 3.63) is 18.2 Å². The number of likely N-dealkylation sites (tertiary alicyclic amines) is 1. The van der Waals surface area contributed by atoms with Gasteiger partial charge in [0, 0.05) is 59.0 Å². The van der Waals surface area contributed by atoms with Crippen molar-refractivity contribution in [2.24, 2.45) is 13.0 Å². The molecule has 6 heteroatoms. The molecule has 1 fully saturated rings. The van der Waals surface area contributed by atoms with Gasteiger partial charge in [-0.25, -0.2) is 4.98 Å². The molecule has 6 nitrogen and oxygen atoms in total. The Morgan fingerprint density at radius 1 is 1.57 bits per heavy atom. The molecule has 2 heterocycles. The maximum absolute atomic E-state index is 12.1. The second-order valence-electron chi connectivity index (χ2n) is 6.44. The molecule has 1 aromatic rings. The van der Waals surface area contributed by atoms with Gasteiger partial charge in [-0.3, -0.25) is 4.79 Å². The Labute approximate surface area is 138 Å². The molecule has 0 bridgehead atoms. The topological polar surface area (TPSA) is 65.2 Å². The predicted molar refractivity (Wildman–Crippen MR) is 88.6 cm³/mol. The van der Waals surface area contributed by atoms with Crippen LogP contribution in [0.2, 0.25) is 0 Å². The van der Waals surface area contributed by atoms with Crippen molar-refractivity contribution in [1.29, 1.82) is 5.26 Å². The maximum Gasteiger partial charge on any atom is 0.223 e. The highest BCUT2D eigenvalue weighted by atomic mass is 16.2. The molecule has 0 saturated carbocycles. The first-order valence-electron chi connectivity index (χ1n) is 8.39. The summed E-state index contributed by atoms with van der Waals surface area (Å²) in [5.41, 5.74) is 0. The summed E-state index contributed by atoms with van der Waals surface area (Å²) in [5, 5.41) is 8.58. The second-order valence-corrected chi connectivity index (χ2v) is 6.44. The SMILES string of the molecule is CN(CCC#N)C(=O)CCN1CCCC(Cc2nccn2C)C1. The van der Waals surface area contributed by atoms with Gasteiger partial charge in [0.25, 0.3) is 0 Å². The standard InChI is InChI=1S/C17H27N5O/c1-20-12-8-19-16(20)13-15-5-3-10-22(14-15)11-6-17(23)21(2)9-4-7-18/h8,12,15H,3-6,9-11,13-14H2,1-2H3. The number of aryl methyl sites for hydroxylation is 1. The fourth-order valence-electron chi connectivity index (χ4n) is 3.16. The van der Waals surface area contributed by atoms with Crippen molar-refractivity contribution < 1.29 is 4.79 Å². The number of piperidine rings is 1. The fraction of sp³-hybridized carbons (Fsp3) is 0.706. The van der Waals surface area contributed by atoms with E-state index in [0.717, 1.165) is 31.9 Å². The summed E-state index contributed by atoms with van der Waals surface area (Å²) in [6, 6.07) is 2.08. The minimum Gasteiger partial charge on any atom is -0.345 e. The van der Waals surface area contributed by atoms with Crippen molar-refractivity contribution >= 4 is 5.91 Å². The molecule has 1 amide bonds. The van der Waals surface area contributed by atoms with E-state index in [2.05, 4.69) is 20.5 Å². The summed E-state index contributed by atoms with van der Waals surface area (Å²) in [7, 11) is 3.82. The third-order valence-corrected chi connectivity index (χ3v) is 4.62. The molecular formula is C17H27N5O. The molecule has 1 aliphatic heterocycles. The smallest absolute Gasteiger partial charge is 0.223 e. The van der Waals surface area contributed by atoms with Gasteiger partial charge in [-0.2, -0.15) is 5.26 Å². The summed E-state index contributed by atoms with van der Waals surface area (Å²) in [6.45, 7) is 3.46. The van der Waals surface area contributed by atoms with E-state index in [9.17, 15) is 4.79 Å². The van der Waals surface area contributed by atoms with Gasteiger partial charge in [0.2, 0.25) is 5.91 Å². The lowest BCUT2D eigenvalue weighted by Gasteiger charge is -2.32. The third kappa shape index (κ3) is 5.36. The Hall–Kier alpha value is -1.87. The number of amides is 1. The molecule has 2 rings (SSSR count). The molecule has 0 aliphatic carbocycles. The van der Waals surface area contributed by atoms with Crippen LogP contribution < -0.4 is 0 Å². The van der Waals surface area contributed by atoms with Crippen molar-refractivity contribution in [2.45, 2.75) is 32.1 Å². The lowest BCUT2D eigenvalue weighted by atomic mass is 9.94. The van der Waals surface area contributed by atoms with Crippen LogP contribution in [0.15, 0.2) is 12.4 Å². The van der Waals surface area contributed by atoms with Crippen LogP contribution in [0.4, 0.5) is 0 Å². The number of nitrogens with zero attached hydrogens (tertiary/aromatic N) is 5. The highest BCUT2D eigenvalue weighted by molar-refractivity contribution is 5.76. The van der Waals surface area contributed by atoms with Crippen LogP contribution in [0.5, 0.6) is 0 Å². The van der Waals surface area contributed by atoms with Gasteiger partial charge in [0.1, 0.15) is 5.82 Å². The van der Waals surface area contributed by atoms with Crippen molar-refractivity contribution in [3.63, 3.8) is 0 Å². The third-order valence-electron chi connectivity index (χ3n) is 4.62. The summed E-state index contributed by atoms with van der Waals surface area (Å²) >= 11 is 0. The second kappa shape index (κ2) is 8.68. The first-order chi connectivity index (χ1) is 11.1. The maximum atomic E-state index is 12.1. The van der Waals surface area contributed by atoms with Crippen LogP contribution >= 0.6 is 0 Å². The Kier molecular flexibility index (Phi) is 6.60. The number of hydrogen-bond acceptors (Lipinski definition) is 4. The van der Waals surface area contributed by atoms with Gasteiger partial charge >= 0.3 is 0 Å². The normalized spacial score (nSPS) is 18.6. The van der Waals surface area contributed by atoms with Crippen LogP contribution in [-0.4, -0.2) is 58.5 Å². The highest BCUT2D eigenvalue weighted by Gasteiger charge is 2.22. The molecule has 1 atom stereocenters. The van der Waals surface area contributed by atoms with Crippen LogP contribution in [0.25, 0.3) is 0 Å². The van der Waals surface area contributed by atoms with Crippen molar-refractivity contribution in [1.82, 2.24) is 19.4 Å². The fourth-order valence-corrected chi connectivity index (χ4v) is 3.16. The van der Waals surface area contributed by atoms with Gasteiger partial charge in [0.05, 0.1) is 12.5 Å². The lowest BCUT2D eigenvalue weighted by Crippen LogP contribution is -2.39. The summed E-state index contributed by atoms with van der Waals surface area (Å²) in [6.07, 6.45) is 8.22. The molecule has 0 radical (unpaired) electrons. The molecule has 0 aromatic carbocycles. The van der Waals surface area contributed by atoms with Crippen LogP contribution in [0.1, 0.15) is 31.5 Å².